The second kappa shape index (κ2) is 9.73. The third kappa shape index (κ3) is 5.10. The molecule has 7 nitrogen and oxygen atoms in total. The van der Waals surface area contributed by atoms with Gasteiger partial charge in [0.05, 0.1) is 0 Å². The number of hydrogen-bond donors (Lipinski definition) is 1. The second-order valence-electron chi connectivity index (χ2n) is 7.90. The molecule has 0 aliphatic carbocycles. The Hall–Kier alpha value is -3.22. The van der Waals surface area contributed by atoms with Crippen LogP contribution in [0.4, 0.5) is 0 Å². The highest BCUT2D eigenvalue weighted by atomic mass is 16.7. The van der Waals surface area contributed by atoms with Crippen LogP contribution < -0.4 is 14.8 Å². The van der Waals surface area contributed by atoms with Crippen LogP contribution in [0.1, 0.15) is 36.5 Å². The van der Waals surface area contributed by atoms with Crippen molar-refractivity contribution in [1.82, 2.24) is 15.1 Å². The Bertz CT molecular complexity index is 935. The fraction of sp³-hybridized carbons (Fsp3) is 0.417. The molecule has 31 heavy (non-hydrogen) atoms. The molecule has 0 bridgehead atoms. The topological polar surface area (TPSA) is 66.4 Å². The van der Waals surface area contributed by atoms with Gasteiger partial charge >= 0.3 is 0 Å². The van der Waals surface area contributed by atoms with Crippen molar-refractivity contribution < 1.29 is 14.3 Å². The molecular formula is C24H30N4O3. The molecule has 4 rings (SSSR count). The van der Waals surface area contributed by atoms with Crippen molar-refractivity contribution in [3.63, 3.8) is 0 Å². The zero-order valence-corrected chi connectivity index (χ0v) is 18.3. The van der Waals surface area contributed by atoms with Crippen molar-refractivity contribution in [3.05, 3.63) is 59.2 Å². The molecule has 0 aromatic heterocycles. The van der Waals surface area contributed by atoms with Crippen LogP contribution in [0.3, 0.4) is 0 Å². The Balaban J connectivity index is 1.27. The van der Waals surface area contributed by atoms with E-state index in [1.807, 2.05) is 42.3 Å². The molecule has 0 radical (unpaired) electrons. The number of aliphatic imine (C=N–C) groups is 1. The molecule has 2 aliphatic heterocycles. The highest BCUT2D eigenvalue weighted by Crippen LogP contribution is 2.32. The van der Waals surface area contributed by atoms with Crippen LogP contribution in [-0.2, 0) is 24.4 Å². The van der Waals surface area contributed by atoms with Gasteiger partial charge in [0.1, 0.15) is 0 Å². The number of fused-ring (bicyclic) bond motifs is 2. The van der Waals surface area contributed by atoms with Gasteiger partial charge < -0.3 is 24.6 Å². The van der Waals surface area contributed by atoms with Crippen LogP contribution in [0.25, 0.3) is 0 Å². The van der Waals surface area contributed by atoms with Crippen molar-refractivity contribution in [2.45, 2.75) is 39.4 Å². The lowest BCUT2D eigenvalue weighted by Gasteiger charge is -2.22. The van der Waals surface area contributed by atoms with E-state index in [1.165, 1.54) is 11.1 Å². The van der Waals surface area contributed by atoms with E-state index in [2.05, 4.69) is 29.3 Å². The van der Waals surface area contributed by atoms with E-state index < -0.39 is 0 Å². The summed E-state index contributed by atoms with van der Waals surface area (Å²) in [7, 11) is 2.01. The Morgan fingerprint density at radius 1 is 1.13 bits per heavy atom. The van der Waals surface area contributed by atoms with Crippen molar-refractivity contribution in [3.8, 4) is 11.5 Å². The van der Waals surface area contributed by atoms with Crippen LogP contribution in [0.2, 0.25) is 0 Å². The molecule has 2 aliphatic rings. The standard InChI is InChI=1S/C24H30N4O3/c1-3-25-24(27(2)14-18-10-11-21-22(13-18)31-17-30-21)26-12-6-9-23(29)28-15-19-7-4-5-8-20(19)16-28/h4-5,7-8,10-11,13H,3,6,9,12,14-17H2,1-2H3,(H,25,26). The van der Waals surface area contributed by atoms with Gasteiger partial charge in [0.15, 0.2) is 17.5 Å². The second-order valence-corrected chi connectivity index (χ2v) is 7.90. The normalized spacial score (nSPS) is 14.5. The summed E-state index contributed by atoms with van der Waals surface area (Å²) in [5.74, 6) is 2.61. The number of amides is 1. The van der Waals surface area contributed by atoms with E-state index in [1.54, 1.807) is 0 Å². The van der Waals surface area contributed by atoms with Crippen LogP contribution in [0.5, 0.6) is 11.5 Å². The molecule has 0 saturated heterocycles. The molecule has 0 atom stereocenters. The zero-order valence-electron chi connectivity index (χ0n) is 18.3. The van der Waals surface area contributed by atoms with E-state index in [-0.39, 0.29) is 12.7 Å². The van der Waals surface area contributed by atoms with E-state index in [0.717, 1.165) is 49.1 Å². The molecule has 2 aromatic carbocycles. The van der Waals surface area contributed by atoms with Crippen LogP contribution in [0, 0.1) is 0 Å². The predicted octanol–water partition coefficient (Wildman–Crippen LogP) is 3.14. The number of guanidine groups is 1. The lowest BCUT2D eigenvalue weighted by molar-refractivity contribution is -0.131. The number of hydrogen-bond acceptors (Lipinski definition) is 4. The largest absolute Gasteiger partial charge is 0.454 e. The lowest BCUT2D eigenvalue weighted by Crippen LogP contribution is -2.38. The SMILES string of the molecule is CCNC(=NCCCC(=O)N1Cc2ccccc2C1)N(C)Cc1ccc2c(c1)OCO2. The van der Waals surface area contributed by atoms with Crippen molar-refractivity contribution in [2.75, 3.05) is 26.9 Å². The summed E-state index contributed by atoms with van der Waals surface area (Å²) in [6.07, 6.45) is 1.25. The summed E-state index contributed by atoms with van der Waals surface area (Å²) < 4.78 is 10.9. The number of ether oxygens (including phenoxy) is 2. The minimum atomic E-state index is 0.199. The van der Waals surface area contributed by atoms with Gasteiger partial charge in [-0.05, 0) is 42.2 Å². The third-order valence-electron chi connectivity index (χ3n) is 5.56. The minimum Gasteiger partial charge on any atom is -0.454 e. The quantitative estimate of drug-likeness (QED) is 0.422. The van der Waals surface area contributed by atoms with Crippen LogP contribution >= 0.6 is 0 Å². The van der Waals surface area contributed by atoms with E-state index in [0.29, 0.717) is 19.5 Å². The first kappa shape index (κ1) is 21.0. The molecule has 1 N–H and O–H groups in total. The van der Waals surface area contributed by atoms with Gasteiger partial charge in [-0.2, -0.15) is 0 Å². The Morgan fingerprint density at radius 2 is 1.87 bits per heavy atom. The average Bonchev–Trinajstić information content (AvgIpc) is 3.42. The first-order chi connectivity index (χ1) is 15.1. The number of nitrogens with zero attached hydrogens (tertiary/aromatic N) is 3. The molecule has 164 valence electrons. The number of rotatable bonds is 7. The summed E-state index contributed by atoms with van der Waals surface area (Å²) in [4.78, 5) is 21.3. The molecule has 1 amide bonds. The van der Waals surface area contributed by atoms with Gasteiger partial charge in [-0.3, -0.25) is 9.79 Å². The summed E-state index contributed by atoms with van der Waals surface area (Å²) in [6.45, 7) is 5.88. The van der Waals surface area contributed by atoms with E-state index in [9.17, 15) is 4.79 Å². The van der Waals surface area contributed by atoms with E-state index in [4.69, 9.17) is 14.5 Å². The first-order valence-corrected chi connectivity index (χ1v) is 10.9. The Morgan fingerprint density at radius 3 is 2.61 bits per heavy atom. The van der Waals surface area contributed by atoms with Gasteiger partial charge in [-0.1, -0.05) is 30.3 Å². The summed E-state index contributed by atoms with van der Waals surface area (Å²) in [5.41, 5.74) is 3.64. The number of carbonyl (C=O) groups is 1. The maximum Gasteiger partial charge on any atom is 0.231 e. The molecule has 2 heterocycles. The monoisotopic (exact) mass is 422 g/mol. The molecule has 2 aromatic rings. The summed E-state index contributed by atoms with van der Waals surface area (Å²) in [6, 6.07) is 14.3. The summed E-state index contributed by atoms with van der Waals surface area (Å²) >= 11 is 0. The van der Waals surface area contributed by atoms with Crippen LogP contribution in [-0.4, -0.2) is 48.6 Å². The van der Waals surface area contributed by atoms with Crippen molar-refractivity contribution in [1.29, 1.82) is 0 Å². The first-order valence-electron chi connectivity index (χ1n) is 10.9. The third-order valence-corrected chi connectivity index (χ3v) is 5.56. The Kier molecular flexibility index (Phi) is 6.60. The fourth-order valence-electron chi connectivity index (χ4n) is 3.94. The maximum atomic E-state index is 12.6. The Labute approximate surface area is 183 Å². The lowest BCUT2D eigenvalue weighted by atomic mass is 10.1. The number of nitrogens with one attached hydrogen (secondary N) is 1. The average molecular weight is 423 g/mol. The smallest absolute Gasteiger partial charge is 0.231 e. The predicted molar refractivity (Wildman–Crippen MR) is 120 cm³/mol. The minimum absolute atomic E-state index is 0.199. The van der Waals surface area contributed by atoms with Gasteiger partial charge in [-0.25, -0.2) is 0 Å². The molecule has 0 fully saturated rings. The summed E-state index contributed by atoms with van der Waals surface area (Å²) in [5, 5.41) is 3.33. The van der Waals surface area contributed by atoms with Gasteiger partial charge in [0.2, 0.25) is 12.7 Å². The molecular weight excluding hydrogens is 392 g/mol. The van der Waals surface area contributed by atoms with Crippen molar-refractivity contribution >= 4 is 11.9 Å². The number of carbonyl (C=O) groups excluding carboxylic acids is 1. The van der Waals surface area contributed by atoms with Gasteiger partial charge in [-0.15, -0.1) is 0 Å². The zero-order chi connectivity index (χ0) is 21.6. The molecule has 0 unspecified atom stereocenters. The molecule has 0 spiro atoms. The highest BCUT2D eigenvalue weighted by molar-refractivity contribution is 5.80. The fourth-order valence-corrected chi connectivity index (χ4v) is 3.94. The van der Waals surface area contributed by atoms with Gasteiger partial charge in [0.25, 0.3) is 0 Å². The maximum absolute atomic E-state index is 12.6. The molecule has 0 saturated carbocycles. The van der Waals surface area contributed by atoms with Crippen LogP contribution in [0.15, 0.2) is 47.5 Å². The van der Waals surface area contributed by atoms with E-state index >= 15 is 0 Å². The molecule has 7 heteroatoms. The van der Waals surface area contributed by atoms with Gasteiger partial charge in [0, 0.05) is 46.2 Å². The highest BCUT2D eigenvalue weighted by Gasteiger charge is 2.22. The number of benzene rings is 2. The van der Waals surface area contributed by atoms with Crippen molar-refractivity contribution in [2.24, 2.45) is 4.99 Å².